The fourth-order valence-corrected chi connectivity index (χ4v) is 3.14. The van der Waals surface area contributed by atoms with Crippen molar-refractivity contribution >= 4 is 7.60 Å². The van der Waals surface area contributed by atoms with Gasteiger partial charge in [0.25, 0.3) is 0 Å². The maximum Gasteiger partial charge on any atom is 0.326 e. The summed E-state index contributed by atoms with van der Waals surface area (Å²) in [6, 6.07) is 11.8. The highest BCUT2D eigenvalue weighted by Gasteiger charge is 2.14. The third kappa shape index (κ3) is 4.84. The Morgan fingerprint density at radius 3 is 2.69 bits per heavy atom. The SMILES string of the molecule is Cc1c(CONCCP(=O)(O)O)cccc1-c1ccc2c(c1)OCCO2. The third-order valence-corrected chi connectivity index (χ3v) is 4.94. The number of rotatable bonds is 7. The van der Waals surface area contributed by atoms with E-state index in [0.29, 0.717) is 19.8 Å². The maximum atomic E-state index is 10.8. The number of hydrogen-bond acceptors (Lipinski definition) is 5. The van der Waals surface area contributed by atoms with Crippen LogP contribution in [-0.4, -0.2) is 35.7 Å². The molecular formula is C18H22NO6P. The Kier molecular flexibility index (Phi) is 5.96. The van der Waals surface area contributed by atoms with Crippen molar-refractivity contribution < 1.29 is 28.7 Å². The molecule has 1 heterocycles. The van der Waals surface area contributed by atoms with Crippen LogP contribution in [0.3, 0.4) is 0 Å². The first-order valence-corrected chi connectivity index (χ1v) is 10.1. The monoisotopic (exact) mass is 379 g/mol. The molecule has 0 bridgehead atoms. The zero-order chi connectivity index (χ0) is 18.6. The van der Waals surface area contributed by atoms with Gasteiger partial charge in [0.1, 0.15) is 13.2 Å². The molecule has 7 nitrogen and oxygen atoms in total. The van der Waals surface area contributed by atoms with Crippen molar-refractivity contribution in [3.8, 4) is 22.6 Å². The Morgan fingerprint density at radius 2 is 1.92 bits per heavy atom. The van der Waals surface area contributed by atoms with Gasteiger partial charge in [-0.15, -0.1) is 0 Å². The lowest BCUT2D eigenvalue weighted by atomic mass is 9.96. The van der Waals surface area contributed by atoms with Crippen LogP contribution in [0.15, 0.2) is 36.4 Å². The second kappa shape index (κ2) is 8.20. The van der Waals surface area contributed by atoms with Crippen LogP contribution in [0, 0.1) is 6.92 Å². The van der Waals surface area contributed by atoms with Crippen LogP contribution in [-0.2, 0) is 16.0 Å². The molecule has 2 aromatic rings. The summed E-state index contributed by atoms with van der Waals surface area (Å²) in [5, 5.41) is 0. The van der Waals surface area contributed by atoms with Crippen molar-refractivity contribution in [3.05, 3.63) is 47.5 Å². The molecule has 0 atom stereocenters. The minimum absolute atomic E-state index is 0.0885. The second-order valence-corrected chi connectivity index (χ2v) is 7.80. The topological polar surface area (TPSA) is 97.3 Å². The molecular weight excluding hydrogens is 357 g/mol. The van der Waals surface area contributed by atoms with Gasteiger partial charge in [0.05, 0.1) is 12.8 Å². The number of nitrogens with one attached hydrogen (secondary N) is 1. The van der Waals surface area contributed by atoms with E-state index in [0.717, 1.165) is 33.8 Å². The van der Waals surface area contributed by atoms with Gasteiger partial charge in [-0.3, -0.25) is 9.40 Å². The number of ether oxygens (including phenoxy) is 2. The first-order chi connectivity index (χ1) is 12.4. The van der Waals surface area contributed by atoms with E-state index < -0.39 is 7.60 Å². The number of fused-ring (bicyclic) bond motifs is 1. The summed E-state index contributed by atoms with van der Waals surface area (Å²) < 4.78 is 22.0. The molecule has 0 saturated heterocycles. The fourth-order valence-electron chi connectivity index (χ4n) is 2.76. The van der Waals surface area contributed by atoms with E-state index >= 15 is 0 Å². The Labute approximate surface area is 152 Å². The van der Waals surface area contributed by atoms with Crippen LogP contribution < -0.4 is 15.0 Å². The largest absolute Gasteiger partial charge is 0.486 e. The summed E-state index contributed by atoms with van der Waals surface area (Å²) in [7, 11) is -4.01. The van der Waals surface area contributed by atoms with Crippen LogP contribution in [0.5, 0.6) is 11.5 Å². The summed E-state index contributed by atoms with van der Waals surface area (Å²) >= 11 is 0. The van der Waals surface area contributed by atoms with Gasteiger partial charge in [0.15, 0.2) is 11.5 Å². The van der Waals surface area contributed by atoms with Gasteiger partial charge in [-0.05, 0) is 41.3 Å². The van der Waals surface area contributed by atoms with Crippen LogP contribution in [0.2, 0.25) is 0 Å². The summed E-state index contributed by atoms with van der Waals surface area (Å²) in [5.41, 5.74) is 6.74. The molecule has 2 aromatic carbocycles. The first-order valence-electron chi connectivity index (χ1n) is 8.32. The van der Waals surface area contributed by atoms with Gasteiger partial charge in [-0.25, -0.2) is 5.48 Å². The molecule has 140 valence electrons. The zero-order valence-electron chi connectivity index (χ0n) is 14.5. The van der Waals surface area contributed by atoms with Gasteiger partial charge in [0.2, 0.25) is 0 Å². The van der Waals surface area contributed by atoms with E-state index in [4.69, 9.17) is 24.1 Å². The highest BCUT2D eigenvalue weighted by molar-refractivity contribution is 7.51. The van der Waals surface area contributed by atoms with Crippen molar-refractivity contribution in [3.63, 3.8) is 0 Å². The standard InChI is InChI=1S/C18H22NO6P/c1-13-15(12-25-19-7-10-26(20,21)22)3-2-4-16(13)14-5-6-17-18(11-14)24-9-8-23-17/h2-6,11,19H,7-10,12H2,1H3,(H2,20,21,22). The van der Waals surface area contributed by atoms with Crippen LogP contribution in [0.1, 0.15) is 11.1 Å². The Morgan fingerprint density at radius 1 is 1.15 bits per heavy atom. The molecule has 0 aliphatic carbocycles. The van der Waals surface area contributed by atoms with E-state index in [1.54, 1.807) is 0 Å². The normalized spacial score (nSPS) is 13.7. The molecule has 1 aliphatic rings. The van der Waals surface area contributed by atoms with Gasteiger partial charge < -0.3 is 19.3 Å². The summed E-state index contributed by atoms with van der Waals surface area (Å²) in [6.45, 7) is 3.51. The molecule has 0 spiro atoms. The smallest absolute Gasteiger partial charge is 0.326 e. The fraction of sp³-hybridized carbons (Fsp3) is 0.333. The molecule has 3 rings (SSSR count). The lowest BCUT2D eigenvalue weighted by Crippen LogP contribution is -2.19. The first kappa shape index (κ1) is 18.9. The molecule has 1 aliphatic heterocycles. The molecule has 0 unspecified atom stereocenters. The highest BCUT2D eigenvalue weighted by Crippen LogP contribution is 2.36. The molecule has 3 N–H and O–H groups in total. The average Bonchev–Trinajstić information content (AvgIpc) is 2.61. The van der Waals surface area contributed by atoms with Crippen LogP contribution in [0.4, 0.5) is 0 Å². The van der Waals surface area contributed by atoms with E-state index in [-0.39, 0.29) is 12.7 Å². The molecule has 0 saturated carbocycles. The molecule has 8 heteroatoms. The predicted octanol–water partition coefficient (Wildman–Crippen LogP) is 2.63. The summed E-state index contributed by atoms with van der Waals surface area (Å²) in [4.78, 5) is 23.0. The lowest BCUT2D eigenvalue weighted by Gasteiger charge is -2.19. The number of benzene rings is 2. The van der Waals surface area contributed by atoms with Crippen LogP contribution >= 0.6 is 7.60 Å². The number of hydrogen-bond donors (Lipinski definition) is 3. The Hall–Kier alpha value is -1.89. The van der Waals surface area contributed by atoms with Crippen LogP contribution in [0.25, 0.3) is 11.1 Å². The molecule has 0 fully saturated rings. The molecule has 0 amide bonds. The summed E-state index contributed by atoms with van der Waals surface area (Å²) in [5.74, 6) is 1.50. The Balaban J connectivity index is 1.68. The molecule has 26 heavy (non-hydrogen) atoms. The van der Waals surface area contributed by atoms with Gasteiger partial charge in [-0.1, -0.05) is 24.3 Å². The predicted molar refractivity (Wildman–Crippen MR) is 97.3 cm³/mol. The number of hydroxylamine groups is 1. The minimum Gasteiger partial charge on any atom is -0.486 e. The second-order valence-electron chi connectivity index (χ2n) is 6.02. The van der Waals surface area contributed by atoms with Crippen molar-refractivity contribution in [2.24, 2.45) is 0 Å². The third-order valence-electron chi connectivity index (χ3n) is 4.13. The Bertz CT molecular complexity index is 819. The maximum absolute atomic E-state index is 10.8. The van der Waals surface area contributed by atoms with E-state index in [1.165, 1.54) is 0 Å². The van der Waals surface area contributed by atoms with E-state index in [2.05, 4.69) is 5.48 Å². The summed E-state index contributed by atoms with van der Waals surface area (Å²) in [6.07, 6.45) is -0.261. The molecule has 0 aromatic heterocycles. The van der Waals surface area contributed by atoms with Gasteiger partial charge in [-0.2, -0.15) is 0 Å². The molecule has 0 radical (unpaired) electrons. The van der Waals surface area contributed by atoms with Gasteiger partial charge >= 0.3 is 7.60 Å². The average molecular weight is 379 g/mol. The highest BCUT2D eigenvalue weighted by atomic mass is 31.2. The van der Waals surface area contributed by atoms with Crippen molar-refractivity contribution in [2.75, 3.05) is 25.9 Å². The lowest BCUT2D eigenvalue weighted by molar-refractivity contribution is 0.0309. The van der Waals surface area contributed by atoms with Gasteiger partial charge in [0, 0.05) is 6.54 Å². The minimum atomic E-state index is -4.01. The van der Waals surface area contributed by atoms with Crippen molar-refractivity contribution in [2.45, 2.75) is 13.5 Å². The zero-order valence-corrected chi connectivity index (χ0v) is 15.4. The van der Waals surface area contributed by atoms with Crippen molar-refractivity contribution in [1.82, 2.24) is 5.48 Å². The van der Waals surface area contributed by atoms with E-state index in [9.17, 15) is 4.57 Å². The van der Waals surface area contributed by atoms with Crippen molar-refractivity contribution in [1.29, 1.82) is 0 Å². The van der Waals surface area contributed by atoms with E-state index in [1.807, 2.05) is 43.3 Å². The quantitative estimate of drug-likeness (QED) is 0.387.